The Hall–Kier alpha value is -1.85. The van der Waals surface area contributed by atoms with Crippen molar-refractivity contribution in [3.05, 3.63) is 11.5 Å². The SMILES string of the molecule is COC(=O)/C(OC(C)=O)=C(/C)OC(C)=O. The molecule has 0 rings (SSSR count). The van der Waals surface area contributed by atoms with Gasteiger partial charge in [-0.3, -0.25) is 9.59 Å². The number of carbonyl (C=O) groups excluding carboxylic acids is 3. The van der Waals surface area contributed by atoms with Gasteiger partial charge in [0.15, 0.2) is 5.76 Å². The van der Waals surface area contributed by atoms with Crippen LogP contribution in [-0.4, -0.2) is 25.0 Å². The van der Waals surface area contributed by atoms with Gasteiger partial charge in [-0.1, -0.05) is 0 Å². The van der Waals surface area contributed by atoms with Gasteiger partial charge >= 0.3 is 17.9 Å². The molecular formula is C9H12O6. The lowest BCUT2D eigenvalue weighted by molar-refractivity contribution is -0.150. The molecule has 0 bridgehead atoms. The minimum Gasteiger partial charge on any atom is -0.463 e. The molecule has 0 saturated heterocycles. The summed E-state index contributed by atoms with van der Waals surface area (Å²) in [7, 11) is 1.12. The van der Waals surface area contributed by atoms with E-state index in [2.05, 4.69) is 14.2 Å². The molecule has 0 amide bonds. The zero-order valence-corrected chi connectivity index (χ0v) is 8.95. The van der Waals surface area contributed by atoms with Gasteiger partial charge in [-0.2, -0.15) is 0 Å². The first-order valence-corrected chi connectivity index (χ1v) is 4.04. The smallest absolute Gasteiger partial charge is 0.377 e. The van der Waals surface area contributed by atoms with Gasteiger partial charge in [-0.05, 0) is 6.92 Å². The lowest BCUT2D eigenvalue weighted by atomic mass is 10.4. The summed E-state index contributed by atoms with van der Waals surface area (Å²) >= 11 is 0. The van der Waals surface area contributed by atoms with Crippen LogP contribution >= 0.6 is 0 Å². The molecule has 6 heteroatoms. The molecule has 84 valence electrons. The van der Waals surface area contributed by atoms with E-state index in [4.69, 9.17) is 0 Å². The Morgan fingerprint density at radius 3 is 1.67 bits per heavy atom. The molecule has 0 fully saturated rings. The Bertz CT molecular complexity index is 315. The Morgan fingerprint density at radius 1 is 0.867 bits per heavy atom. The number of hydrogen-bond acceptors (Lipinski definition) is 6. The molecule has 0 N–H and O–H groups in total. The van der Waals surface area contributed by atoms with E-state index >= 15 is 0 Å². The molecule has 0 radical (unpaired) electrons. The van der Waals surface area contributed by atoms with E-state index in [1.807, 2.05) is 0 Å². The molecule has 0 heterocycles. The fraction of sp³-hybridized carbons (Fsp3) is 0.444. The highest BCUT2D eigenvalue weighted by Crippen LogP contribution is 2.10. The van der Waals surface area contributed by atoms with Crippen LogP contribution in [-0.2, 0) is 28.6 Å². The molecule has 0 unspecified atom stereocenters. The standard InChI is InChI=1S/C9H12O6/c1-5(14-6(2)10)8(9(12)13-4)15-7(3)11/h1-4H3/b8-5+. The number of esters is 3. The molecular weight excluding hydrogens is 204 g/mol. The third kappa shape index (κ3) is 4.80. The molecule has 0 aliphatic rings. The summed E-state index contributed by atoms with van der Waals surface area (Å²) in [4.78, 5) is 32.4. The van der Waals surface area contributed by atoms with Gasteiger partial charge in [0.1, 0.15) is 0 Å². The van der Waals surface area contributed by atoms with E-state index in [0.29, 0.717) is 0 Å². The van der Waals surface area contributed by atoms with Crippen molar-refractivity contribution >= 4 is 17.9 Å². The van der Waals surface area contributed by atoms with Crippen molar-refractivity contribution < 1.29 is 28.6 Å². The Kier molecular flexibility index (Phi) is 5.08. The van der Waals surface area contributed by atoms with Crippen LogP contribution in [0.4, 0.5) is 0 Å². The molecule has 0 aromatic rings. The monoisotopic (exact) mass is 216 g/mol. The molecule has 0 aromatic carbocycles. The van der Waals surface area contributed by atoms with Crippen molar-refractivity contribution in [2.24, 2.45) is 0 Å². The van der Waals surface area contributed by atoms with Gasteiger partial charge in [-0.25, -0.2) is 4.79 Å². The van der Waals surface area contributed by atoms with Gasteiger partial charge < -0.3 is 14.2 Å². The maximum Gasteiger partial charge on any atom is 0.377 e. The summed E-state index contributed by atoms with van der Waals surface area (Å²) in [6.45, 7) is 3.59. The zero-order valence-electron chi connectivity index (χ0n) is 8.95. The average Bonchev–Trinajstić information content (AvgIpc) is 2.11. The first-order chi connectivity index (χ1) is 6.88. The first kappa shape index (κ1) is 13.2. The molecule has 0 aliphatic carbocycles. The topological polar surface area (TPSA) is 78.9 Å². The summed E-state index contributed by atoms with van der Waals surface area (Å²) in [6, 6.07) is 0. The second-order valence-electron chi connectivity index (χ2n) is 2.56. The van der Waals surface area contributed by atoms with Crippen LogP contribution in [0.25, 0.3) is 0 Å². The number of rotatable bonds is 3. The van der Waals surface area contributed by atoms with Gasteiger partial charge in [0, 0.05) is 13.8 Å². The van der Waals surface area contributed by atoms with E-state index in [9.17, 15) is 14.4 Å². The van der Waals surface area contributed by atoms with Crippen LogP contribution in [0.3, 0.4) is 0 Å². The van der Waals surface area contributed by atoms with E-state index in [-0.39, 0.29) is 5.76 Å². The Balaban J connectivity index is 4.96. The van der Waals surface area contributed by atoms with Crippen LogP contribution in [0.5, 0.6) is 0 Å². The first-order valence-electron chi connectivity index (χ1n) is 4.04. The normalized spacial score (nSPS) is 11.2. The van der Waals surface area contributed by atoms with Crippen LogP contribution < -0.4 is 0 Å². The summed E-state index contributed by atoms with van der Waals surface area (Å²) in [5.41, 5.74) is 0. The minimum absolute atomic E-state index is 0.121. The molecule has 0 saturated carbocycles. The van der Waals surface area contributed by atoms with Gasteiger partial charge in [0.2, 0.25) is 0 Å². The lowest BCUT2D eigenvalue weighted by Gasteiger charge is -2.08. The van der Waals surface area contributed by atoms with Crippen LogP contribution in [0.1, 0.15) is 20.8 Å². The third-order valence-electron chi connectivity index (χ3n) is 1.23. The summed E-state index contributed by atoms with van der Waals surface area (Å²) in [6.07, 6.45) is 0. The van der Waals surface area contributed by atoms with E-state index in [1.54, 1.807) is 0 Å². The molecule has 0 atom stereocenters. The van der Waals surface area contributed by atoms with Crippen molar-refractivity contribution in [1.82, 2.24) is 0 Å². The summed E-state index contributed by atoms with van der Waals surface area (Å²) in [5, 5.41) is 0. The molecule has 0 aromatic heterocycles. The largest absolute Gasteiger partial charge is 0.463 e. The second kappa shape index (κ2) is 5.79. The highest BCUT2D eigenvalue weighted by atomic mass is 16.6. The number of ether oxygens (including phenoxy) is 3. The Labute approximate surface area is 86.8 Å². The molecule has 0 aliphatic heterocycles. The van der Waals surface area contributed by atoms with Crippen molar-refractivity contribution in [2.75, 3.05) is 7.11 Å². The van der Waals surface area contributed by atoms with Gasteiger partial charge in [0.05, 0.1) is 7.11 Å². The summed E-state index contributed by atoms with van der Waals surface area (Å²) < 4.78 is 13.5. The van der Waals surface area contributed by atoms with Gasteiger partial charge in [-0.15, -0.1) is 0 Å². The minimum atomic E-state index is -0.885. The highest BCUT2D eigenvalue weighted by Gasteiger charge is 2.19. The fourth-order valence-corrected chi connectivity index (χ4v) is 0.756. The number of allylic oxidation sites excluding steroid dienone is 1. The van der Waals surface area contributed by atoms with Crippen LogP contribution in [0.15, 0.2) is 11.5 Å². The predicted octanol–water partition coefficient (Wildman–Crippen LogP) is 0.517. The summed E-state index contributed by atoms with van der Waals surface area (Å²) in [5.74, 6) is -2.77. The van der Waals surface area contributed by atoms with Crippen molar-refractivity contribution in [2.45, 2.75) is 20.8 Å². The predicted molar refractivity (Wildman–Crippen MR) is 48.2 cm³/mol. The van der Waals surface area contributed by atoms with E-state index in [0.717, 1.165) is 21.0 Å². The number of methoxy groups -OCH3 is 1. The number of carbonyl (C=O) groups is 3. The van der Waals surface area contributed by atoms with E-state index < -0.39 is 23.7 Å². The zero-order chi connectivity index (χ0) is 12.0. The molecule has 6 nitrogen and oxygen atoms in total. The Morgan fingerprint density at radius 2 is 1.33 bits per heavy atom. The molecule has 0 spiro atoms. The van der Waals surface area contributed by atoms with Crippen molar-refractivity contribution in [3.63, 3.8) is 0 Å². The van der Waals surface area contributed by atoms with Crippen LogP contribution in [0.2, 0.25) is 0 Å². The number of hydrogen-bond donors (Lipinski definition) is 0. The van der Waals surface area contributed by atoms with Crippen molar-refractivity contribution in [1.29, 1.82) is 0 Å². The van der Waals surface area contributed by atoms with Crippen LogP contribution in [0, 0.1) is 0 Å². The quantitative estimate of drug-likeness (QED) is 0.296. The maximum absolute atomic E-state index is 11.1. The fourth-order valence-electron chi connectivity index (χ4n) is 0.756. The average molecular weight is 216 g/mol. The lowest BCUT2D eigenvalue weighted by Crippen LogP contribution is -2.15. The van der Waals surface area contributed by atoms with E-state index in [1.165, 1.54) is 6.92 Å². The van der Waals surface area contributed by atoms with Crippen molar-refractivity contribution in [3.8, 4) is 0 Å². The maximum atomic E-state index is 11.1. The second-order valence-corrected chi connectivity index (χ2v) is 2.56. The molecule has 15 heavy (non-hydrogen) atoms. The van der Waals surface area contributed by atoms with Gasteiger partial charge in [0.25, 0.3) is 5.76 Å². The third-order valence-corrected chi connectivity index (χ3v) is 1.23. The highest BCUT2D eigenvalue weighted by molar-refractivity contribution is 5.90.